The molecule has 0 N–H and O–H groups in total. The van der Waals surface area contributed by atoms with E-state index in [1.165, 1.54) is 64.2 Å². The Balaban J connectivity index is 1.41. The fraction of sp³-hybridized carbons (Fsp3) is 0.913. The van der Waals surface area contributed by atoms with E-state index in [-0.39, 0.29) is 6.10 Å². The average Bonchev–Trinajstić information content (AvgIpc) is 2.83. The summed E-state index contributed by atoms with van der Waals surface area (Å²) in [5.41, 5.74) is 0.390. The smallest absolute Gasteiger partial charge is 0.0834 e. The summed E-state index contributed by atoms with van der Waals surface area (Å²) in [6.45, 7) is 6.63. The molecule has 1 aliphatic heterocycles. The Labute approximate surface area is 154 Å². The van der Waals surface area contributed by atoms with Gasteiger partial charge < -0.3 is 9.47 Å². The molecule has 0 amide bonds. The lowest BCUT2D eigenvalue weighted by Gasteiger charge is -2.53. The zero-order chi connectivity index (χ0) is 17.3. The quantitative estimate of drug-likeness (QED) is 0.605. The molecule has 0 aromatic heterocycles. The van der Waals surface area contributed by atoms with Crippen LogP contribution < -0.4 is 0 Å². The molecule has 3 fully saturated rings. The van der Waals surface area contributed by atoms with E-state index in [1.807, 2.05) is 0 Å². The van der Waals surface area contributed by atoms with Crippen molar-refractivity contribution in [1.82, 2.24) is 0 Å². The van der Waals surface area contributed by atoms with Crippen molar-refractivity contribution in [2.24, 2.45) is 29.1 Å². The van der Waals surface area contributed by atoms with Crippen LogP contribution in [0.5, 0.6) is 0 Å². The highest BCUT2D eigenvalue weighted by atomic mass is 16.5. The Bertz CT molecular complexity index is 473. The van der Waals surface area contributed by atoms with Crippen LogP contribution >= 0.6 is 0 Å². The first-order chi connectivity index (χ1) is 12.2. The van der Waals surface area contributed by atoms with Crippen molar-refractivity contribution in [2.75, 3.05) is 13.2 Å². The van der Waals surface area contributed by atoms with E-state index in [4.69, 9.17) is 9.47 Å². The minimum Gasteiger partial charge on any atom is -0.376 e. The number of hydrogen-bond donors (Lipinski definition) is 0. The van der Waals surface area contributed by atoms with E-state index in [0.717, 1.165) is 36.9 Å². The van der Waals surface area contributed by atoms with Gasteiger partial charge in [-0.25, -0.2) is 0 Å². The topological polar surface area (TPSA) is 18.5 Å². The van der Waals surface area contributed by atoms with Gasteiger partial charge in [-0.15, -0.1) is 0 Å². The molecule has 142 valence electrons. The van der Waals surface area contributed by atoms with Crippen molar-refractivity contribution in [3.8, 4) is 0 Å². The lowest BCUT2D eigenvalue weighted by Crippen LogP contribution is -2.47. The van der Waals surface area contributed by atoms with Crippen LogP contribution in [-0.4, -0.2) is 25.4 Å². The van der Waals surface area contributed by atoms with Crippen molar-refractivity contribution in [3.05, 3.63) is 12.2 Å². The van der Waals surface area contributed by atoms with Crippen LogP contribution in [0.4, 0.5) is 0 Å². The van der Waals surface area contributed by atoms with Crippen LogP contribution in [-0.2, 0) is 9.47 Å². The summed E-state index contributed by atoms with van der Waals surface area (Å²) in [6, 6.07) is 0. The van der Waals surface area contributed by atoms with Gasteiger partial charge in [0.2, 0.25) is 0 Å². The highest BCUT2D eigenvalue weighted by Gasteiger charge is 2.48. The molecule has 0 spiro atoms. The maximum atomic E-state index is 6.56. The molecule has 7 unspecified atom stereocenters. The van der Waals surface area contributed by atoms with Crippen molar-refractivity contribution >= 4 is 0 Å². The molecule has 1 saturated heterocycles. The lowest BCUT2D eigenvalue weighted by atomic mass is 9.53. The lowest BCUT2D eigenvalue weighted by molar-refractivity contribution is -0.117. The van der Waals surface area contributed by atoms with Gasteiger partial charge in [-0.1, -0.05) is 31.9 Å². The second-order valence-corrected chi connectivity index (χ2v) is 9.77. The third kappa shape index (κ3) is 3.86. The minimum atomic E-state index is 0.268. The fourth-order valence-corrected chi connectivity index (χ4v) is 6.46. The molecule has 0 bridgehead atoms. The third-order valence-corrected chi connectivity index (χ3v) is 8.07. The van der Waals surface area contributed by atoms with Gasteiger partial charge in [-0.3, -0.25) is 0 Å². The van der Waals surface area contributed by atoms with Crippen LogP contribution in [0.25, 0.3) is 0 Å². The largest absolute Gasteiger partial charge is 0.376 e. The Hall–Kier alpha value is -0.340. The summed E-state index contributed by atoms with van der Waals surface area (Å²) in [5, 5.41) is 0. The summed E-state index contributed by atoms with van der Waals surface area (Å²) >= 11 is 0. The molecule has 0 radical (unpaired) electrons. The number of allylic oxidation sites excluding steroid dienone is 2. The molecule has 2 nitrogen and oxygen atoms in total. The molecule has 2 saturated carbocycles. The Morgan fingerprint density at radius 3 is 2.64 bits per heavy atom. The normalized spacial score (nSPS) is 47.6. The van der Waals surface area contributed by atoms with Crippen molar-refractivity contribution < 1.29 is 9.47 Å². The molecule has 7 atom stereocenters. The van der Waals surface area contributed by atoms with Gasteiger partial charge in [0.25, 0.3) is 0 Å². The highest BCUT2D eigenvalue weighted by Crippen LogP contribution is 2.55. The van der Waals surface area contributed by atoms with Gasteiger partial charge in [-0.05, 0) is 87.4 Å². The summed E-state index contributed by atoms with van der Waals surface area (Å²) in [5.74, 6) is 3.77. The number of fused-ring (bicyclic) bond motifs is 2. The Morgan fingerprint density at radius 1 is 1.00 bits per heavy atom. The van der Waals surface area contributed by atoms with Crippen molar-refractivity contribution in [3.63, 3.8) is 0 Å². The molecular weight excluding hydrogens is 308 g/mol. The summed E-state index contributed by atoms with van der Waals surface area (Å²) in [4.78, 5) is 0. The second kappa shape index (κ2) is 7.72. The highest BCUT2D eigenvalue weighted by molar-refractivity contribution is 5.03. The van der Waals surface area contributed by atoms with Gasteiger partial charge in [0, 0.05) is 6.61 Å². The number of ether oxygens (including phenoxy) is 2. The summed E-state index contributed by atoms with van der Waals surface area (Å²) in [7, 11) is 0. The van der Waals surface area contributed by atoms with Crippen molar-refractivity contribution in [2.45, 2.75) is 90.3 Å². The molecule has 0 aromatic rings. The Morgan fingerprint density at radius 2 is 1.80 bits per heavy atom. The first kappa shape index (κ1) is 18.0. The van der Waals surface area contributed by atoms with Crippen LogP contribution in [0.1, 0.15) is 78.1 Å². The number of rotatable bonds is 3. The zero-order valence-corrected chi connectivity index (χ0v) is 16.4. The summed E-state index contributed by atoms with van der Waals surface area (Å²) in [6.07, 6.45) is 19.0. The maximum absolute atomic E-state index is 6.56. The molecule has 0 aromatic carbocycles. The van der Waals surface area contributed by atoms with E-state index in [2.05, 4.69) is 26.0 Å². The van der Waals surface area contributed by atoms with E-state index in [0.29, 0.717) is 11.5 Å². The average molecular weight is 347 g/mol. The molecule has 25 heavy (non-hydrogen) atoms. The molecular formula is C23H38O2. The molecule has 3 aliphatic carbocycles. The van der Waals surface area contributed by atoms with Crippen LogP contribution in [0.3, 0.4) is 0 Å². The van der Waals surface area contributed by atoms with Crippen LogP contribution in [0.15, 0.2) is 12.2 Å². The van der Waals surface area contributed by atoms with E-state index in [9.17, 15) is 0 Å². The number of hydrogen-bond acceptors (Lipinski definition) is 2. The molecule has 4 rings (SSSR count). The maximum Gasteiger partial charge on any atom is 0.0834 e. The molecule has 1 heterocycles. The van der Waals surface area contributed by atoms with E-state index >= 15 is 0 Å². The van der Waals surface area contributed by atoms with Crippen molar-refractivity contribution in [1.29, 1.82) is 0 Å². The third-order valence-electron chi connectivity index (χ3n) is 8.07. The van der Waals surface area contributed by atoms with E-state index < -0.39 is 0 Å². The first-order valence-electron chi connectivity index (χ1n) is 11.0. The molecule has 2 heteroatoms. The van der Waals surface area contributed by atoms with Gasteiger partial charge in [0.15, 0.2) is 0 Å². The standard InChI is InChI=1S/C23H38O2/c1-17-22(11-5-6-13-24-17)25-16-23(2)12-7-10-20-14-18-8-3-4-9-19(18)15-21(20)23/h3-4,17-22H,5-16H2,1-2H3. The van der Waals surface area contributed by atoms with E-state index in [1.54, 1.807) is 0 Å². The van der Waals surface area contributed by atoms with Gasteiger partial charge in [0.05, 0.1) is 18.8 Å². The second-order valence-electron chi connectivity index (χ2n) is 9.77. The van der Waals surface area contributed by atoms with Gasteiger partial charge >= 0.3 is 0 Å². The molecule has 4 aliphatic rings. The van der Waals surface area contributed by atoms with Gasteiger partial charge in [-0.2, -0.15) is 0 Å². The predicted octanol–water partition coefficient (Wildman–Crippen LogP) is 5.76. The first-order valence-corrected chi connectivity index (χ1v) is 11.0. The van der Waals surface area contributed by atoms with Gasteiger partial charge in [0.1, 0.15) is 0 Å². The summed E-state index contributed by atoms with van der Waals surface area (Å²) < 4.78 is 12.5. The Kier molecular flexibility index (Phi) is 5.57. The minimum absolute atomic E-state index is 0.268. The monoisotopic (exact) mass is 346 g/mol. The fourth-order valence-electron chi connectivity index (χ4n) is 6.46. The predicted molar refractivity (Wildman–Crippen MR) is 103 cm³/mol. The SMILES string of the molecule is CC1OCCCCC1OCC1(C)CCCC2CC3CC=CCC3CC21. The zero-order valence-electron chi connectivity index (χ0n) is 16.4. The van der Waals surface area contributed by atoms with Crippen LogP contribution in [0.2, 0.25) is 0 Å². The van der Waals surface area contributed by atoms with Crippen LogP contribution in [0, 0.1) is 29.1 Å².